The van der Waals surface area contributed by atoms with Gasteiger partial charge in [0.25, 0.3) is 0 Å². The van der Waals surface area contributed by atoms with Crippen LogP contribution in [0.1, 0.15) is 18.4 Å². The maximum atomic E-state index is 13.6. The summed E-state index contributed by atoms with van der Waals surface area (Å²) in [6.07, 6.45) is -3.93. The van der Waals surface area contributed by atoms with Crippen LogP contribution in [0.2, 0.25) is 0 Å². The van der Waals surface area contributed by atoms with Crippen LogP contribution < -0.4 is 15.1 Å². The summed E-state index contributed by atoms with van der Waals surface area (Å²) in [6.45, 7) is 1.64. The summed E-state index contributed by atoms with van der Waals surface area (Å²) in [4.78, 5) is 11.7. The molecule has 4 atom stereocenters. The number of hydrogen-bond acceptors (Lipinski definition) is 8. The second-order valence-electron chi connectivity index (χ2n) is 8.55. The molecule has 0 radical (unpaired) electrons. The molecular weight excluding hydrogens is 427 g/mol. The highest BCUT2D eigenvalue weighted by molar-refractivity contribution is 5.61. The largest absolute Gasteiger partial charge is 0.421 e. The van der Waals surface area contributed by atoms with Gasteiger partial charge in [0, 0.05) is 43.6 Å². The number of nitrogens with zero attached hydrogens (tertiary/aromatic N) is 4. The molecule has 32 heavy (non-hydrogen) atoms. The summed E-state index contributed by atoms with van der Waals surface area (Å²) in [5, 5.41) is 22.7. The lowest BCUT2D eigenvalue weighted by atomic mass is 10.0. The first-order chi connectivity index (χ1) is 15.3. The maximum Gasteiger partial charge on any atom is 0.421 e. The summed E-state index contributed by atoms with van der Waals surface area (Å²) in [6, 6.07) is 7.03. The molecule has 172 valence electrons. The number of benzene rings is 1. The van der Waals surface area contributed by atoms with Gasteiger partial charge >= 0.3 is 6.18 Å². The first kappa shape index (κ1) is 21.2. The highest BCUT2D eigenvalue weighted by Gasteiger charge is 2.44. The normalized spacial score (nSPS) is 27.8. The zero-order valence-electron chi connectivity index (χ0n) is 17.2. The van der Waals surface area contributed by atoms with E-state index in [-0.39, 0.29) is 23.9 Å². The predicted octanol–water partition coefficient (Wildman–Crippen LogP) is 2.15. The van der Waals surface area contributed by atoms with Gasteiger partial charge in [-0.3, -0.25) is 0 Å². The van der Waals surface area contributed by atoms with Gasteiger partial charge in [-0.2, -0.15) is 18.2 Å². The topological polar surface area (TPSA) is 94.0 Å². The van der Waals surface area contributed by atoms with Crippen molar-refractivity contribution in [3.63, 3.8) is 0 Å². The molecule has 2 bridgehead atoms. The Labute approximate surface area is 182 Å². The number of fused-ring (bicyclic) bond motifs is 2. The standard InChI is InChI=1S/C21H24F3N5O3/c22-21(23,24)18-7-25-20(27-19(18)29-10-17-5-14(29)11-32-17)26-12-1-3-13(4-2-12)28-8-15(30)6-16(31)9-28/h1-4,7,14-17,30-31H,5-6,8-11H2,(H,25,26,27)/t14?,15-,16+,17?. The van der Waals surface area contributed by atoms with Crippen LogP contribution >= 0.6 is 0 Å². The molecule has 3 aliphatic heterocycles. The number of β-amino-alcohol motifs (C(OH)–C–C–N with tert-alkyl or cyclic N) is 2. The highest BCUT2D eigenvalue weighted by Crippen LogP contribution is 2.40. The Morgan fingerprint density at radius 3 is 2.34 bits per heavy atom. The van der Waals surface area contributed by atoms with E-state index < -0.39 is 23.9 Å². The van der Waals surface area contributed by atoms with Gasteiger partial charge in [0.05, 0.1) is 31.0 Å². The number of aliphatic hydroxyl groups is 2. The molecule has 0 aliphatic carbocycles. The van der Waals surface area contributed by atoms with Crippen molar-refractivity contribution in [2.24, 2.45) is 0 Å². The van der Waals surface area contributed by atoms with Crippen LogP contribution in [0.25, 0.3) is 0 Å². The average Bonchev–Trinajstić information content (AvgIpc) is 3.36. The Bertz CT molecular complexity index is 964. The van der Waals surface area contributed by atoms with E-state index in [0.29, 0.717) is 44.8 Å². The van der Waals surface area contributed by atoms with Crippen LogP contribution in [-0.4, -0.2) is 70.8 Å². The first-order valence-electron chi connectivity index (χ1n) is 10.6. The number of morpholine rings is 1. The molecule has 2 unspecified atom stereocenters. The van der Waals surface area contributed by atoms with Crippen molar-refractivity contribution >= 4 is 23.1 Å². The van der Waals surface area contributed by atoms with Crippen molar-refractivity contribution in [1.29, 1.82) is 0 Å². The number of halogens is 3. The molecule has 0 amide bonds. The van der Waals surface area contributed by atoms with Gasteiger partial charge < -0.3 is 30.1 Å². The fourth-order valence-corrected chi connectivity index (χ4v) is 4.65. The van der Waals surface area contributed by atoms with Crippen molar-refractivity contribution in [2.45, 2.75) is 43.4 Å². The third-order valence-electron chi connectivity index (χ3n) is 6.14. The number of aromatic nitrogens is 2. The van der Waals surface area contributed by atoms with Gasteiger partial charge in [-0.15, -0.1) is 0 Å². The number of alkyl halides is 3. The van der Waals surface area contributed by atoms with E-state index in [9.17, 15) is 23.4 Å². The van der Waals surface area contributed by atoms with Crippen molar-refractivity contribution in [2.75, 3.05) is 41.4 Å². The maximum absolute atomic E-state index is 13.6. The fraction of sp³-hybridized carbons (Fsp3) is 0.524. The Morgan fingerprint density at radius 1 is 1.03 bits per heavy atom. The molecule has 4 heterocycles. The molecule has 1 aromatic heterocycles. The van der Waals surface area contributed by atoms with Crippen LogP contribution in [0.5, 0.6) is 0 Å². The quantitative estimate of drug-likeness (QED) is 0.651. The second-order valence-corrected chi connectivity index (χ2v) is 8.55. The van der Waals surface area contributed by atoms with Crippen molar-refractivity contribution in [3.8, 4) is 0 Å². The van der Waals surface area contributed by atoms with Gasteiger partial charge in [0.15, 0.2) is 0 Å². The van der Waals surface area contributed by atoms with Gasteiger partial charge in [-0.1, -0.05) is 0 Å². The Morgan fingerprint density at radius 2 is 1.75 bits per heavy atom. The van der Waals surface area contributed by atoms with Crippen LogP contribution in [0.4, 0.5) is 36.3 Å². The minimum Gasteiger partial charge on any atom is -0.391 e. The Kier molecular flexibility index (Phi) is 5.34. The van der Waals surface area contributed by atoms with E-state index in [0.717, 1.165) is 11.9 Å². The summed E-state index contributed by atoms with van der Waals surface area (Å²) in [5.41, 5.74) is 0.590. The number of piperidine rings is 1. The molecule has 0 saturated carbocycles. The lowest BCUT2D eigenvalue weighted by Crippen LogP contribution is -2.45. The molecule has 0 spiro atoms. The number of rotatable bonds is 4. The van der Waals surface area contributed by atoms with Gasteiger partial charge in [0.1, 0.15) is 11.4 Å². The van der Waals surface area contributed by atoms with Crippen molar-refractivity contribution in [3.05, 3.63) is 36.0 Å². The van der Waals surface area contributed by atoms with Crippen molar-refractivity contribution in [1.82, 2.24) is 9.97 Å². The summed E-state index contributed by atoms with van der Waals surface area (Å²) in [7, 11) is 0. The number of ether oxygens (including phenoxy) is 1. The molecule has 1 aromatic carbocycles. The number of hydrogen-bond donors (Lipinski definition) is 3. The van der Waals surface area contributed by atoms with Crippen LogP contribution in [0, 0.1) is 0 Å². The molecule has 8 nitrogen and oxygen atoms in total. The molecular formula is C21H24F3N5O3. The molecule has 11 heteroatoms. The average molecular weight is 451 g/mol. The lowest BCUT2D eigenvalue weighted by molar-refractivity contribution is -0.137. The number of anilines is 4. The third kappa shape index (κ3) is 4.19. The smallest absolute Gasteiger partial charge is 0.391 e. The zero-order chi connectivity index (χ0) is 22.5. The number of nitrogens with one attached hydrogen (secondary N) is 1. The second kappa shape index (κ2) is 8.05. The Balaban J connectivity index is 1.36. The monoisotopic (exact) mass is 451 g/mol. The summed E-state index contributed by atoms with van der Waals surface area (Å²) in [5.74, 6) is -0.0491. The minimum atomic E-state index is -4.55. The highest BCUT2D eigenvalue weighted by atomic mass is 19.4. The van der Waals surface area contributed by atoms with E-state index in [4.69, 9.17) is 4.74 Å². The van der Waals surface area contributed by atoms with Crippen LogP contribution in [0.3, 0.4) is 0 Å². The van der Waals surface area contributed by atoms with E-state index in [1.807, 2.05) is 17.0 Å². The molecule has 2 aromatic rings. The first-order valence-corrected chi connectivity index (χ1v) is 10.6. The van der Waals surface area contributed by atoms with Gasteiger partial charge in [-0.25, -0.2) is 4.98 Å². The fourth-order valence-electron chi connectivity index (χ4n) is 4.65. The number of aliphatic hydroxyl groups excluding tert-OH is 2. The SMILES string of the molecule is O[C@@H]1C[C@H](O)CN(c2ccc(Nc3ncc(C(F)(F)F)c(N4CC5CC4CO5)n3)cc2)C1. The third-order valence-corrected chi connectivity index (χ3v) is 6.14. The van der Waals surface area contributed by atoms with Gasteiger partial charge in [-0.05, 0) is 30.7 Å². The summed E-state index contributed by atoms with van der Waals surface area (Å²) >= 11 is 0. The summed E-state index contributed by atoms with van der Waals surface area (Å²) < 4.78 is 46.3. The minimum absolute atomic E-state index is 0.0631. The van der Waals surface area contributed by atoms with Gasteiger partial charge in [0.2, 0.25) is 5.95 Å². The van der Waals surface area contributed by atoms with Crippen LogP contribution in [0.15, 0.2) is 30.5 Å². The van der Waals surface area contributed by atoms with E-state index in [1.54, 1.807) is 17.0 Å². The molecule has 3 fully saturated rings. The predicted molar refractivity (Wildman–Crippen MR) is 111 cm³/mol. The molecule has 5 rings (SSSR count). The van der Waals surface area contributed by atoms with E-state index in [1.165, 1.54) is 0 Å². The van der Waals surface area contributed by atoms with E-state index >= 15 is 0 Å². The Hall–Kier alpha value is -2.63. The van der Waals surface area contributed by atoms with Crippen molar-refractivity contribution < 1.29 is 28.1 Å². The molecule has 3 N–H and O–H groups in total. The molecule has 3 saturated heterocycles. The lowest BCUT2D eigenvalue weighted by Gasteiger charge is -2.35. The van der Waals surface area contributed by atoms with Crippen LogP contribution in [-0.2, 0) is 10.9 Å². The van der Waals surface area contributed by atoms with E-state index in [2.05, 4.69) is 15.3 Å². The zero-order valence-corrected chi connectivity index (χ0v) is 17.2. The molecule has 3 aliphatic rings.